The molecule has 0 radical (unpaired) electrons. The molecular weight excluding hydrogens is 446 g/mol. The second-order valence-corrected chi connectivity index (χ2v) is 10.5. The Hall–Kier alpha value is -4.03. The summed E-state index contributed by atoms with van der Waals surface area (Å²) in [4.78, 5) is 24.7. The molecule has 0 aliphatic carbocycles. The van der Waals surface area contributed by atoms with E-state index in [0.717, 1.165) is 4.90 Å². The van der Waals surface area contributed by atoms with Crippen LogP contribution < -0.4 is 0 Å². The Balaban J connectivity index is 1.50. The van der Waals surface area contributed by atoms with Gasteiger partial charge in [0.2, 0.25) is 0 Å². The SMILES string of the molecule is CC(C)(OC(=O)c1cccc(-[s+]2c3ccccc3c3ccccc32)c1)c1ccc([N+](=O)[O-])cc1. The van der Waals surface area contributed by atoms with E-state index in [0.29, 0.717) is 11.1 Å². The number of nitro benzene ring substituents is 1. The fourth-order valence-corrected chi connectivity index (χ4v) is 6.62. The zero-order valence-corrected chi connectivity index (χ0v) is 19.5. The van der Waals surface area contributed by atoms with Crippen molar-refractivity contribution in [3.05, 3.63) is 118 Å². The summed E-state index contributed by atoms with van der Waals surface area (Å²) in [6, 6.07) is 30.5. The fraction of sp³-hybridized carbons (Fsp3) is 0.107. The zero-order chi connectivity index (χ0) is 23.9. The molecule has 0 unspecified atom stereocenters. The predicted octanol–water partition coefficient (Wildman–Crippen LogP) is 7.73. The standard InChI is InChI=1S/C28H22NO4S/c1-28(2,20-14-16-21(17-15-20)29(31)32)33-27(30)19-8-7-9-22(18-19)34-25-12-5-3-10-23(25)24-11-4-6-13-26(24)34/h3-18H,1-2H3/q+1. The molecule has 0 fully saturated rings. The third-order valence-corrected chi connectivity index (χ3v) is 8.25. The summed E-state index contributed by atoms with van der Waals surface area (Å²) in [7, 11) is -0.305. The highest BCUT2D eigenvalue weighted by molar-refractivity contribution is 7.50. The number of hydrogen-bond donors (Lipinski definition) is 0. The lowest BCUT2D eigenvalue weighted by Crippen LogP contribution is -2.25. The Morgan fingerprint density at radius 2 is 1.41 bits per heavy atom. The molecule has 6 heteroatoms. The van der Waals surface area contributed by atoms with Crippen molar-refractivity contribution in [3.8, 4) is 4.90 Å². The topological polar surface area (TPSA) is 69.4 Å². The average molecular weight is 469 g/mol. The summed E-state index contributed by atoms with van der Waals surface area (Å²) in [5.74, 6) is -0.436. The molecule has 0 aliphatic rings. The number of thiophene rings is 1. The van der Waals surface area contributed by atoms with Crippen LogP contribution in [0.5, 0.6) is 0 Å². The quantitative estimate of drug-likeness (QED) is 0.114. The van der Waals surface area contributed by atoms with Crippen molar-refractivity contribution in [2.45, 2.75) is 19.4 Å². The van der Waals surface area contributed by atoms with Crippen LogP contribution in [0.1, 0.15) is 29.8 Å². The number of nitro groups is 1. The van der Waals surface area contributed by atoms with Crippen LogP contribution in [0.2, 0.25) is 0 Å². The van der Waals surface area contributed by atoms with Crippen molar-refractivity contribution in [3.63, 3.8) is 0 Å². The summed E-state index contributed by atoms with van der Waals surface area (Å²) in [6.07, 6.45) is 0. The number of nitrogens with zero attached hydrogens (tertiary/aromatic N) is 1. The number of non-ortho nitro benzene ring substituents is 1. The highest BCUT2D eigenvalue weighted by atomic mass is 32.2. The maximum atomic E-state index is 13.1. The van der Waals surface area contributed by atoms with E-state index in [4.69, 9.17) is 4.74 Å². The normalized spacial score (nSPS) is 11.6. The minimum Gasteiger partial charge on any atom is -0.451 e. The Bertz CT molecular complexity index is 1500. The van der Waals surface area contributed by atoms with E-state index in [2.05, 4.69) is 54.6 Å². The van der Waals surface area contributed by atoms with Crippen LogP contribution in [0.4, 0.5) is 5.69 Å². The van der Waals surface area contributed by atoms with Gasteiger partial charge in [-0.1, -0.05) is 30.3 Å². The largest absolute Gasteiger partial charge is 0.451 e. The summed E-state index contributed by atoms with van der Waals surface area (Å²) >= 11 is 0. The lowest BCUT2D eigenvalue weighted by atomic mass is 9.97. The van der Waals surface area contributed by atoms with Crippen molar-refractivity contribution >= 4 is 42.3 Å². The first-order chi connectivity index (χ1) is 16.3. The van der Waals surface area contributed by atoms with E-state index in [1.54, 1.807) is 32.0 Å². The van der Waals surface area contributed by atoms with E-state index in [-0.39, 0.29) is 16.2 Å². The lowest BCUT2D eigenvalue weighted by Gasteiger charge is -2.25. The van der Waals surface area contributed by atoms with E-state index in [1.165, 1.54) is 32.3 Å². The molecule has 0 N–H and O–H groups in total. The van der Waals surface area contributed by atoms with Crippen molar-refractivity contribution in [1.29, 1.82) is 0 Å². The predicted molar refractivity (Wildman–Crippen MR) is 137 cm³/mol. The van der Waals surface area contributed by atoms with Gasteiger partial charge in [0.15, 0.2) is 14.3 Å². The second kappa shape index (κ2) is 8.39. The summed E-state index contributed by atoms with van der Waals surface area (Å²) < 4.78 is 8.36. The van der Waals surface area contributed by atoms with Gasteiger partial charge in [0.1, 0.15) is 5.60 Å². The number of esters is 1. The van der Waals surface area contributed by atoms with Gasteiger partial charge in [0.05, 0.1) is 10.5 Å². The van der Waals surface area contributed by atoms with Crippen LogP contribution in [0.3, 0.4) is 0 Å². The molecule has 0 amide bonds. The molecule has 5 rings (SSSR count). The maximum Gasteiger partial charge on any atom is 0.339 e. The van der Waals surface area contributed by atoms with E-state index >= 15 is 0 Å². The van der Waals surface area contributed by atoms with Crippen LogP contribution in [-0.4, -0.2) is 10.9 Å². The van der Waals surface area contributed by atoms with Gasteiger partial charge >= 0.3 is 5.97 Å². The van der Waals surface area contributed by atoms with E-state index in [9.17, 15) is 14.9 Å². The molecule has 0 atom stereocenters. The molecule has 34 heavy (non-hydrogen) atoms. The van der Waals surface area contributed by atoms with Gasteiger partial charge in [-0.2, -0.15) is 0 Å². The van der Waals surface area contributed by atoms with Gasteiger partial charge in [0, 0.05) is 39.4 Å². The molecule has 1 aromatic heterocycles. The number of hydrogen-bond acceptors (Lipinski definition) is 4. The second-order valence-electron chi connectivity index (χ2n) is 8.53. The van der Waals surface area contributed by atoms with Gasteiger partial charge in [0.25, 0.3) is 5.69 Å². The molecule has 5 nitrogen and oxygen atoms in total. The molecule has 0 aliphatic heterocycles. The van der Waals surface area contributed by atoms with Gasteiger partial charge in [-0.05, 0) is 67.9 Å². The van der Waals surface area contributed by atoms with Crippen LogP contribution in [0.15, 0.2) is 97.1 Å². The van der Waals surface area contributed by atoms with Crippen LogP contribution >= 0.6 is 10.5 Å². The van der Waals surface area contributed by atoms with Crippen molar-refractivity contribution in [2.24, 2.45) is 0 Å². The molecule has 1 heterocycles. The summed E-state index contributed by atoms with van der Waals surface area (Å²) in [5, 5.41) is 13.4. The van der Waals surface area contributed by atoms with Gasteiger partial charge < -0.3 is 4.74 Å². The first-order valence-corrected chi connectivity index (χ1v) is 12.1. The smallest absolute Gasteiger partial charge is 0.339 e. The fourth-order valence-electron chi connectivity index (χ4n) is 4.19. The number of carbonyl (C=O) groups is 1. The van der Waals surface area contributed by atoms with Crippen molar-refractivity contribution < 1.29 is 14.5 Å². The average Bonchev–Trinajstić information content (AvgIpc) is 3.18. The molecule has 0 bridgehead atoms. The van der Waals surface area contributed by atoms with Crippen LogP contribution in [0, 0.1) is 10.1 Å². The molecule has 0 saturated heterocycles. The Labute approximate surface area is 199 Å². The van der Waals surface area contributed by atoms with Gasteiger partial charge in [-0.25, -0.2) is 4.79 Å². The van der Waals surface area contributed by atoms with Crippen molar-refractivity contribution in [2.75, 3.05) is 0 Å². The van der Waals surface area contributed by atoms with E-state index in [1.807, 2.05) is 12.1 Å². The number of fused-ring (bicyclic) bond motifs is 3. The first kappa shape index (κ1) is 21.8. The zero-order valence-electron chi connectivity index (χ0n) is 18.7. The van der Waals surface area contributed by atoms with Crippen LogP contribution in [-0.2, 0) is 10.3 Å². The summed E-state index contributed by atoms with van der Waals surface area (Å²) in [5.41, 5.74) is 0.207. The third kappa shape index (κ3) is 3.82. The molecule has 0 saturated carbocycles. The number of benzene rings is 4. The van der Waals surface area contributed by atoms with Crippen molar-refractivity contribution in [1.82, 2.24) is 0 Å². The number of rotatable bonds is 5. The Kier molecular flexibility index (Phi) is 5.38. The highest BCUT2D eigenvalue weighted by Crippen LogP contribution is 2.48. The summed E-state index contributed by atoms with van der Waals surface area (Å²) in [6.45, 7) is 3.56. The number of ether oxygens (including phenoxy) is 1. The van der Waals surface area contributed by atoms with Gasteiger partial charge in [-0.3, -0.25) is 10.1 Å². The molecule has 5 aromatic rings. The molecule has 0 spiro atoms. The molecular formula is C28H22NO4S+. The highest BCUT2D eigenvalue weighted by Gasteiger charge is 2.28. The molecule has 4 aromatic carbocycles. The third-order valence-electron chi connectivity index (χ3n) is 5.93. The minimum atomic E-state index is -0.947. The van der Waals surface area contributed by atoms with Crippen LogP contribution in [0.25, 0.3) is 25.1 Å². The lowest BCUT2D eigenvalue weighted by molar-refractivity contribution is -0.384. The van der Waals surface area contributed by atoms with E-state index < -0.39 is 16.5 Å². The molecule has 168 valence electrons. The number of carbonyl (C=O) groups excluding carboxylic acids is 1. The minimum absolute atomic E-state index is 0.00306. The maximum absolute atomic E-state index is 13.1. The first-order valence-electron chi connectivity index (χ1n) is 10.9. The van der Waals surface area contributed by atoms with Gasteiger partial charge in [-0.15, -0.1) is 0 Å². The Morgan fingerprint density at radius 1 is 0.824 bits per heavy atom. The monoisotopic (exact) mass is 468 g/mol. The Morgan fingerprint density at radius 3 is 2.00 bits per heavy atom.